The maximum atomic E-state index is 11.7. The lowest BCUT2D eigenvalue weighted by Gasteiger charge is -2.06. The van der Waals surface area contributed by atoms with Gasteiger partial charge in [0.15, 0.2) is 0 Å². The number of hydrogen-bond donors (Lipinski definition) is 1. The van der Waals surface area contributed by atoms with Crippen molar-refractivity contribution in [2.45, 2.75) is 20.4 Å². The summed E-state index contributed by atoms with van der Waals surface area (Å²) >= 11 is 1.55. The molecule has 0 aromatic carbocycles. The van der Waals surface area contributed by atoms with Crippen LogP contribution in [0.5, 0.6) is 0 Å². The minimum absolute atomic E-state index is 0.0421. The van der Waals surface area contributed by atoms with Gasteiger partial charge in [-0.2, -0.15) is 0 Å². The topological polar surface area (TPSA) is 60.9 Å². The Bertz CT molecular complexity index is 571. The van der Waals surface area contributed by atoms with E-state index in [1.54, 1.807) is 28.2 Å². The molecule has 0 aliphatic heterocycles. The van der Waals surface area contributed by atoms with E-state index >= 15 is 0 Å². The van der Waals surface area contributed by atoms with Crippen molar-refractivity contribution in [3.63, 3.8) is 0 Å². The molecule has 0 bridgehead atoms. The maximum Gasteiger partial charge on any atom is 0.251 e. The number of anilines is 1. The molecular weight excluding hydrogens is 222 g/mol. The molecule has 0 spiro atoms. The molecule has 2 rings (SSSR count). The van der Waals surface area contributed by atoms with E-state index in [0.717, 1.165) is 16.3 Å². The van der Waals surface area contributed by atoms with Crippen molar-refractivity contribution in [3.05, 3.63) is 44.3 Å². The highest BCUT2D eigenvalue weighted by atomic mass is 32.1. The van der Waals surface area contributed by atoms with Crippen LogP contribution < -0.4 is 11.3 Å². The summed E-state index contributed by atoms with van der Waals surface area (Å²) in [6, 6.07) is 1.55. The van der Waals surface area contributed by atoms with Gasteiger partial charge in [0.1, 0.15) is 5.01 Å². The molecule has 4 nitrogen and oxygen atoms in total. The van der Waals surface area contributed by atoms with Gasteiger partial charge in [0.25, 0.3) is 5.56 Å². The lowest BCUT2D eigenvalue weighted by atomic mass is 10.2. The highest BCUT2D eigenvalue weighted by Gasteiger charge is 2.04. The van der Waals surface area contributed by atoms with Gasteiger partial charge in [-0.05, 0) is 19.4 Å². The van der Waals surface area contributed by atoms with Crippen molar-refractivity contribution in [2.24, 2.45) is 0 Å². The van der Waals surface area contributed by atoms with Gasteiger partial charge in [-0.25, -0.2) is 4.98 Å². The van der Waals surface area contributed by atoms with Gasteiger partial charge in [-0.15, -0.1) is 11.3 Å². The van der Waals surface area contributed by atoms with Crippen LogP contribution in [0.25, 0.3) is 0 Å². The van der Waals surface area contributed by atoms with E-state index in [1.165, 1.54) is 0 Å². The first-order chi connectivity index (χ1) is 7.56. The number of thiazole rings is 1. The molecule has 2 aromatic heterocycles. The Morgan fingerprint density at radius 3 is 2.88 bits per heavy atom. The molecule has 0 fully saturated rings. The summed E-state index contributed by atoms with van der Waals surface area (Å²) in [4.78, 5) is 16.0. The fourth-order valence-corrected chi connectivity index (χ4v) is 2.20. The zero-order valence-corrected chi connectivity index (χ0v) is 10.0. The Labute approximate surface area is 97.4 Å². The number of aromatic nitrogens is 2. The minimum atomic E-state index is -0.0421. The molecule has 16 heavy (non-hydrogen) atoms. The number of hydrogen-bond acceptors (Lipinski definition) is 4. The van der Waals surface area contributed by atoms with Crippen LogP contribution in [0.2, 0.25) is 0 Å². The first-order valence-electron chi connectivity index (χ1n) is 4.94. The molecule has 2 heterocycles. The van der Waals surface area contributed by atoms with Crippen LogP contribution in [0.4, 0.5) is 5.69 Å². The number of nitrogens with two attached hydrogens (primary N) is 1. The second-order valence-corrected chi connectivity index (χ2v) is 4.70. The third-order valence-electron chi connectivity index (χ3n) is 2.35. The summed E-state index contributed by atoms with van der Waals surface area (Å²) in [5.41, 5.74) is 8.16. The second-order valence-electron chi connectivity index (χ2n) is 3.76. The molecule has 2 aromatic rings. The average molecular weight is 235 g/mol. The van der Waals surface area contributed by atoms with E-state index in [-0.39, 0.29) is 5.56 Å². The van der Waals surface area contributed by atoms with Gasteiger partial charge in [0, 0.05) is 23.3 Å². The van der Waals surface area contributed by atoms with E-state index in [2.05, 4.69) is 4.98 Å². The fraction of sp³-hybridized carbons (Fsp3) is 0.273. The van der Waals surface area contributed by atoms with Crippen LogP contribution in [0, 0.1) is 13.8 Å². The summed E-state index contributed by atoms with van der Waals surface area (Å²) in [6.45, 7) is 4.25. The van der Waals surface area contributed by atoms with Crippen LogP contribution in [0.15, 0.2) is 22.4 Å². The first-order valence-corrected chi connectivity index (χ1v) is 5.82. The van der Waals surface area contributed by atoms with E-state index < -0.39 is 0 Å². The zero-order valence-electron chi connectivity index (χ0n) is 9.23. The lowest BCUT2D eigenvalue weighted by molar-refractivity contribution is 0.752. The second kappa shape index (κ2) is 4.09. The first kappa shape index (κ1) is 10.9. The molecule has 0 aliphatic carbocycles. The van der Waals surface area contributed by atoms with Crippen molar-refractivity contribution in [1.29, 1.82) is 0 Å². The molecule has 0 saturated heterocycles. The molecule has 0 amide bonds. The Morgan fingerprint density at radius 2 is 2.25 bits per heavy atom. The maximum absolute atomic E-state index is 11.7. The van der Waals surface area contributed by atoms with Crippen LogP contribution in [0.1, 0.15) is 16.3 Å². The molecule has 0 radical (unpaired) electrons. The number of nitrogens with zero attached hydrogens (tertiary/aromatic N) is 2. The van der Waals surface area contributed by atoms with Crippen molar-refractivity contribution in [2.75, 3.05) is 5.73 Å². The summed E-state index contributed by atoms with van der Waals surface area (Å²) in [7, 11) is 0. The molecular formula is C11H13N3OS. The molecule has 0 saturated carbocycles. The monoisotopic (exact) mass is 235 g/mol. The predicted molar refractivity (Wildman–Crippen MR) is 65.8 cm³/mol. The quantitative estimate of drug-likeness (QED) is 0.859. The van der Waals surface area contributed by atoms with Gasteiger partial charge in [-0.3, -0.25) is 4.79 Å². The van der Waals surface area contributed by atoms with Crippen molar-refractivity contribution in [3.8, 4) is 0 Å². The third kappa shape index (κ3) is 2.14. The van der Waals surface area contributed by atoms with Gasteiger partial charge < -0.3 is 10.3 Å². The Kier molecular flexibility index (Phi) is 2.78. The van der Waals surface area contributed by atoms with E-state index in [1.807, 2.05) is 19.2 Å². The van der Waals surface area contributed by atoms with Crippen molar-refractivity contribution < 1.29 is 0 Å². The van der Waals surface area contributed by atoms with E-state index in [9.17, 15) is 4.79 Å². The highest BCUT2D eigenvalue weighted by Crippen LogP contribution is 2.11. The number of pyridine rings is 1. The van der Waals surface area contributed by atoms with E-state index in [0.29, 0.717) is 12.2 Å². The molecule has 0 unspecified atom stereocenters. The van der Waals surface area contributed by atoms with Gasteiger partial charge in [0.2, 0.25) is 0 Å². The summed E-state index contributed by atoms with van der Waals surface area (Å²) in [5, 5.41) is 2.89. The van der Waals surface area contributed by atoms with E-state index in [4.69, 9.17) is 5.73 Å². The summed E-state index contributed by atoms with van der Waals surface area (Å²) in [6.07, 6.45) is 1.68. The van der Waals surface area contributed by atoms with Crippen LogP contribution in [0.3, 0.4) is 0 Å². The molecule has 2 N–H and O–H groups in total. The van der Waals surface area contributed by atoms with Gasteiger partial charge in [-0.1, -0.05) is 0 Å². The zero-order chi connectivity index (χ0) is 11.7. The molecule has 5 heteroatoms. The summed E-state index contributed by atoms with van der Waals surface area (Å²) < 4.78 is 1.58. The number of aryl methyl sites for hydroxylation is 2. The molecule has 0 aliphatic rings. The smallest absolute Gasteiger partial charge is 0.251 e. The van der Waals surface area contributed by atoms with Gasteiger partial charge in [0.05, 0.1) is 12.2 Å². The van der Waals surface area contributed by atoms with Crippen molar-refractivity contribution >= 4 is 17.0 Å². The standard InChI is InChI=1S/C11H13N3OS/c1-7-3-11(15)14(4-9(7)12)5-10-13-8(2)6-16-10/h3-4,6H,5,12H2,1-2H3. The van der Waals surface area contributed by atoms with Crippen molar-refractivity contribution in [1.82, 2.24) is 9.55 Å². The fourth-order valence-electron chi connectivity index (χ4n) is 1.43. The number of nitrogen functional groups attached to an aromatic ring is 1. The Balaban J connectivity index is 2.35. The molecule has 84 valence electrons. The lowest BCUT2D eigenvalue weighted by Crippen LogP contribution is -2.20. The van der Waals surface area contributed by atoms with Crippen LogP contribution in [-0.2, 0) is 6.54 Å². The largest absolute Gasteiger partial charge is 0.397 e. The Morgan fingerprint density at radius 1 is 1.50 bits per heavy atom. The van der Waals surface area contributed by atoms with Crippen LogP contribution in [-0.4, -0.2) is 9.55 Å². The summed E-state index contributed by atoms with van der Waals surface area (Å²) in [5.74, 6) is 0. The SMILES string of the molecule is Cc1csc(Cn2cc(N)c(C)cc2=O)n1. The predicted octanol–water partition coefficient (Wildman–Crippen LogP) is 1.55. The highest BCUT2D eigenvalue weighted by molar-refractivity contribution is 7.09. The normalized spacial score (nSPS) is 10.6. The third-order valence-corrected chi connectivity index (χ3v) is 3.30. The van der Waals surface area contributed by atoms with Crippen LogP contribution >= 0.6 is 11.3 Å². The Hall–Kier alpha value is -1.62. The average Bonchev–Trinajstić information content (AvgIpc) is 2.60. The number of rotatable bonds is 2. The minimum Gasteiger partial charge on any atom is -0.397 e. The molecule has 0 atom stereocenters. The van der Waals surface area contributed by atoms with Gasteiger partial charge >= 0.3 is 0 Å².